The topological polar surface area (TPSA) is 56.5 Å². The van der Waals surface area contributed by atoms with E-state index in [0.717, 1.165) is 16.7 Å². The lowest BCUT2D eigenvalue weighted by Gasteiger charge is -2.10. The Morgan fingerprint density at radius 1 is 0.897 bits per heavy atom. The van der Waals surface area contributed by atoms with Crippen molar-refractivity contribution in [2.24, 2.45) is 0 Å². The number of fused-ring (bicyclic) bond motifs is 1. The molecule has 0 aliphatic rings. The number of carbonyl (C=O) groups excluding carboxylic acids is 1. The summed E-state index contributed by atoms with van der Waals surface area (Å²) in [7, 11) is 0. The predicted molar refractivity (Wildman–Crippen MR) is 113 cm³/mol. The van der Waals surface area contributed by atoms with E-state index < -0.39 is 5.97 Å². The molecule has 3 aromatic carbocycles. The molecule has 4 aromatic rings. The zero-order valence-corrected chi connectivity index (χ0v) is 16.3. The first-order chi connectivity index (χ1) is 14.0. The summed E-state index contributed by atoms with van der Waals surface area (Å²) in [5.41, 5.74) is 3.66. The first kappa shape index (κ1) is 18.7. The van der Waals surface area contributed by atoms with Gasteiger partial charge in [0.25, 0.3) is 0 Å². The Bertz CT molecular complexity index is 1240. The van der Waals surface area contributed by atoms with Crippen molar-refractivity contribution in [2.45, 2.75) is 20.5 Å². The van der Waals surface area contributed by atoms with Crippen LogP contribution < -0.4 is 5.43 Å². The molecule has 0 aliphatic carbocycles. The van der Waals surface area contributed by atoms with E-state index in [9.17, 15) is 9.59 Å². The highest BCUT2D eigenvalue weighted by Gasteiger charge is 2.19. The number of ether oxygens (including phenoxy) is 1. The third-order valence-corrected chi connectivity index (χ3v) is 4.89. The summed E-state index contributed by atoms with van der Waals surface area (Å²) < 4.78 is 11.6. The second kappa shape index (κ2) is 7.76. The van der Waals surface area contributed by atoms with Crippen LogP contribution in [0, 0.1) is 13.8 Å². The summed E-state index contributed by atoms with van der Waals surface area (Å²) in [6, 6.07) is 22.1. The normalized spacial score (nSPS) is 10.8. The molecule has 0 fully saturated rings. The number of hydrogen-bond donors (Lipinski definition) is 0. The fourth-order valence-corrected chi connectivity index (χ4v) is 3.25. The molecule has 4 heteroatoms. The summed E-state index contributed by atoms with van der Waals surface area (Å²) in [6.45, 7) is 3.88. The number of aryl methyl sites for hydroxylation is 1. The average molecular weight is 384 g/mol. The van der Waals surface area contributed by atoms with Gasteiger partial charge in [0, 0.05) is 11.1 Å². The summed E-state index contributed by atoms with van der Waals surface area (Å²) >= 11 is 0. The van der Waals surface area contributed by atoms with Crippen molar-refractivity contribution < 1.29 is 13.9 Å². The number of para-hydroxylation sites is 1. The van der Waals surface area contributed by atoms with Crippen molar-refractivity contribution in [3.63, 3.8) is 0 Å². The Balaban J connectivity index is 1.74. The van der Waals surface area contributed by atoms with E-state index in [2.05, 4.69) is 0 Å². The zero-order valence-electron chi connectivity index (χ0n) is 16.3. The van der Waals surface area contributed by atoms with Gasteiger partial charge in [-0.3, -0.25) is 4.79 Å². The van der Waals surface area contributed by atoms with Crippen LogP contribution in [0.25, 0.3) is 22.3 Å². The minimum Gasteiger partial charge on any atom is -0.457 e. The summed E-state index contributed by atoms with van der Waals surface area (Å²) in [6.07, 6.45) is 0. The van der Waals surface area contributed by atoms with Crippen molar-refractivity contribution in [1.82, 2.24) is 0 Å². The van der Waals surface area contributed by atoms with Gasteiger partial charge in [-0.05, 0) is 31.5 Å². The van der Waals surface area contributed by atoms with Crippen molar-refractivity contribution in [3.05, 3.63) is 105 Å². The third-order valence-electron chi connectivity index (χ3n) is 4.89. The van der Waals surface area contributed by atoms with E-state index in [-0.39, 0.29) is 23.2 Å². The molecule has 0 atom stereocenters. The molecule has 4 rings (SSSR count). The summed E-state index contributed by atoms with van der Waals surface area (Å²) in [5, 5.41) is 0.368. The van der Waals surface area contributed by atoms with Gasteiger partial charge < -0.3 is 9.15 Å². The molecule has 0 bridgehead atoms. The lowest BCUT2D eigenvalue weighted by atomic mass is 10.0. The smallest absolute Gasteiger partial charge is 0.342 e. The summed E-state index contributed by atoms with van der Waals surface area (Å²) in [5.74, 6) is -0.0657. The van der Waals surface area contributed by atoms with Crippen LogP contribution in [0.3, 0.4) is 0 Å². The fraction of sp³-hybridized carbons (Fsp3) is 0.120. The third kappa shape index (κ3) is 3.69. The zero-order chi connectivity index (χ0) is 20.4. The molecule has 0 radical (unpaired) electrons. The van der Waals surface area contributed by atoms with Crippen molar-refractivity contribution in [3.8, 4) is 11.3 Å². The Hall–Kier alpha value is -3.66. The largest absolute Gasteiger partial charge is 0.457 e. The van der Waals surface area contributed by atoms with Crippen LogP contribution >= 0.6 is 0 Å². The molecule has 29 heavy (non-hydrogen) atoms. The molecule has 1 aromatic heterocycles. The molecule has 0 saturated carbocycles. The molecule has 144 valence electrons. The van der Waals surface area contributed by atoms with Crippen molar-refractivity contribution in [2.75, 3.05) is 0 Å². The van der Waals surface area contributed by atoms with Gasteiger partial charge in [0.05, 0.1) is 5.39 Å². The Morgan fingerprint density at radius 2 is 1.62 bits per heavy atom. The van der Waals surface area contributed by atoms with E-state index in [1.54, 1.807) is 25.1 Å². The molecule has 0 amide bonds. The predicted octanol–water partition coefficient (Wildman–Crippen LogP) is 5.43. The number of hydrogen-bond acceptors (Lipinski definition) is 4. The van der Waals surface area contributed by atoms with Crippen molar-refractivity contribution >= 4 is 16.9 Å². The quantitative estimate of drug-likeness (QED) is 0.440. The van der Waals surface area contributed by atoms with Crippen LogP contribution in [0.2, 0.25) is 0 Å². The van der Waals surface area contributed by atoms with Crippen LogP contribution in [0.1, 0.15) is 27.0 Å². The summed E-state index contributed by atoms with van der Waals surface area (Å²) in [4.78, 5) is 25.7. The molecule has 0 saturated heterocycles. The van der Waals surface area contributed by atoms with Gasteiger partial charge >= 0.3 is 5.97 Å². The monoisotopic (exact) mass is 384 g/mol. The Labute approximate surface area is 168 Å². The highest BCUT2D eigenvalue weighted by Crippen LogP contribution is 2.27. The first-order valence-electron chi connectivity index (χ1n) is 9.39. The van der Waals surface area contributed by atoms with Gasteiger partial charge in [-0.2, -0.15) is 0 Å². The van der Waals surface area contributed by atoms with E-state index in [0.29, 0.717) is 16.7 Å². The van der Waals surface area contributed by atoms with Crippen LogP contribution in [0.4, 0.5) is 0 Å². The van der Waals surface area contributed by atoms with E-state index in [1.807, 2.05) is 61.5 Å². The molecular weight excluding hydrogens is 364 g/mol. The first-order valence-corrected chi connectivity index (χ1v) is 9.39. The lowest BCUT2D eigenvalue weighted by Crippen LogP contribution is -2.11. The van der Waals surface area contributed by atoms with E-state index >= 15 is 0 Å². The van der Waals surface area contributed by atoms with Gasteiger partial charge in [-0.25, -0.2) is 4.79 Å². The van der Waals surface area contributed by atoms with Gasteiger partial charge in [0.2, 0.25) is 0 Å². The Kier molecular flexibility index (Phi) is 5.00. The maximum absolute atomic E-state index is 12.9. The molecule has 0 spiro atoms. The SMILES string of the molecule is Cc1ccc(COC(=O)c2cccc3c(=O)c(C)c(-c4ccccc4)oc23)cc1. The van der Waals surface area contributed by atoms with Crippen LogP contribution in [0.15, 0.2) is 82.0 Å². The van der Waals surface area contributed by atoms with Crippen LogP contribution in [-0.2, 0) is 11.3 Å². The highest BCUT2D eigenvalue weighted by atomic mass is 16.5. The molecule has 0 unspecified atom stereocenters. The minimum absolute atomic E-state index is 0.150. The van der Waals surface area contributed by atoms with E-state index in [4.69, 9.17) is 9.15 Å². The minimum atomic E-state index is -0.526. The van der Waals surface area contributed by atoms with Gasteiger partial charge in [0.1, 0.15) is 17.9 Å². The molecule has 0 aliphatic heterocycles. The van der Waals surface area contributed by atoms with Crippen LogP contribution in [-0.4, -0.2) is 5.97 Å². The van der Waals surface area contributed by atoms with Gasteiger partial charge in [-0.1, -0.05) is 66.2 Å². The molecular formula is C25H20O4. The standard InChI is InChI=1S/C25H20O4/c1-16-11-13-18(14-12-16)15-28-25(27)21-10-6-9-20-22(26)17(2)23(29-24(20)21)19-7-4-3-5-8-19/h3-14H,15H2,1-2H3. The fourth-order valence-electron chi connectivity index (χ4n) is 3.25. The average Bonchev–Trinajstić information content (AvgIpc) is 2.76. The number of esters is 1. The van der Waals surface area contributed by atoms with Gasteiger partial charge in [-0.15, -0.1) is 0 Å². The maximum atomic E-state index is 12.9. The van der Waals surface area contributed by atoms with Crippen LogP contribution in [0.5, 0.6) is 0 Å². The maximum Gasteiger partial charge on any atom is 0.342 e. The van der Waals surface area contributed by atoms with Gasteiger partial charge in [0.15, 0.2) is 11.0 Å². The molecule has 4 nitrogen and oxygen atoms in total. The van der Waals surface area contributed by atoms with Crippen molar-refractivity contribution in [1.29, 1.82) is 0 Å². The highest BCUT2D eigenvalue weighted by molar-refractivity contribution is 6.02. The second-order valence-corrected chi connectivity index (χ2v) is 7.00. The number of benzene rings is 3. The number of carbonyl (C=O) groups is 1. The number of rotatable bonds is 4. The molecule has 0 N–H and O–H groups in total. The Morgan fingerprint density at radius 3 is 2.34 bits per heavy atom. The lowest BCUT2D eigenvalue weighted by molar-refractivity contribution is 0.0474. The van der Waals surface area contributed by atoms with E-state index in [1.165, 1.54) is 0 Å². The molecule has 1 heterocycles. The second-order valence-electron chi connectivity index (χ2n) is 7.00.